The van der Waals surface area contributed by atoms with Crippen molar-refractivity contribution in [3.8, 4) is 11.4 Å². The van der Waals surface area contributed by atoms with Crippen molar-refractivity contribution in [1.29, 1.82) is 0 Å². The summed E-state index contributed by atoms with van der Waals surface area (Å²) < 4.78 is 6.97. The van der Waals surface area contributed by atoms with E-state index in [0.29, 0.717) is 5.75 Å². The van der Waals surface area contributed by atoms with E-state index in [0.717, 1.165) is 5.69 Å². The van der Waals surface area contributed by atoms with Crippen molar-refractivity contribution in [3.63, 3.8) is 0 Å². The monoisotopic (exact) mass is 246 g/mol. The molecule has 2 aromatic rings. The summed E-state index contributed by atoms with van der Waals surface area (Å²) in [5.74, 6) is -0.308. The number of aliphatic carboxylic acids is 1. The largest absolute Gasteiger partial charge is 0.490 e. The lowest BCUT2D eigenvalue weighted by Crippen LogP contribution is -2.04. The predicted octanol–water partition coefficient (Wildman–Crippen LogP) is 2.03. The van der Waals surface area contributed by atoms with Crippen LogP contribution in [0.25, 0.3) is 5.69 Å². The lowest BCUT2D eigenvalue weighted by Gasteiger charge is -2.01. The Morgan fingerprint density at radius 2 is 2.11 bits per heavy atom. The lowest BCUT2D eigenvalue weighted by atomic mass is 10.2. The van der Waals surface area contributed by atoms with Gasteiger partial charge in [0, 0.05) is 0 Å². The Morgan fingerprint density at radius 1 is 1.39 bits per heavy atom. The van der Waals surface area contributed by atoms with E-state index in [2.05, 4.69) is 5.10 Å². The van der Waals surface area contributed by atoms with Gasteiger partial charge in [-0.3, -0.25) is 4.79 Å². The first-order chi connectivity index (χ1) is 8.65. The molecule has 0 amide bonds. The zero-order chi connectivity index (χ0) is 13.0. The molecule has 1 N–H and O–H groups in total. The quantitative estimate of drug-likeness (QED) is 0.876. The molecular formula is C13H14N2O3. The third-order valence-corrected chi connectivity index (χ3v) is 2.44. The van der Waals surface area contributed by atoms with Crippen LogP contribution in [0.5, 0.6) is 5.75 Å². The van der Waals surface area contributed by atoms with E-state index >= 15 is 0 Å². The zero-order valence-electron chi connectivity index (χ0n) is 10.0. The second kappa shape index (κ2) is 5.35. The van der Waals surface area contributed by atoms with E-state index in [-0.39, 0.29) is 13.0 Å². The molecule has 2 rings (SSSR count). The van der Waals surface area contributed by atoms with Gasteiger partial charge in [0.2, 0.25) is 0 Å². The molecule has 1 aromatic heterocycles. The highest BCUT2D eigenvalue weighted by atomic mass is 16.5. The minimum atomic E-state index is -0.874. The number of ether oxygens (including phenoxy) is 1. The number of aryl methyl sites for hydroxylation is 1. The molecule has 0 bridgehead atoms. The van der Waals surface area contributed by atoms with Crippen LogP contribution in [0.4, 0.5) is 0 Å². The molecule has 5 nitrogen and oxygen atoms in total. The maximum absolute atomic E-state index is 10.3. The first kappa shape index (κ1) is 12.2. The average molecular weight is 246 g/mol. The molecule has 5 heteroatoms. The van der Waals surface area contributed by atoms with Crippen LogP contribution in [-0.2, 0) is 4.79 Å². The number of hydrogen-bond donors (Lipinski definition) is 1. The summed E-state index contributed by atoms with van der Waals surface area (Å²) in [6.45, 7) is 2.17. The van der Waals surface area contributed by atoms with Crippen LogP contribution in [0, 0.1) is 6.92 Å². The number of carboxylic acids is 1. The molecule has 0 saturated heterocycles. The van der Waals surface area contributed by atoms with Gasteiger partial charge in [0.1, 0.15) is 0 Å². The number of hydrogen-bond acceptors (Lipinski definition) is 3. The molecule has 0 saturated carbocycles. The summed E-state index contributed by atoms with van der Waals surface area (Å²) in [6, 6.07) is 7.93. The molecule has 18 heavy (non-hydrogen) atoms. The van der Waals surface area contributed by atoms with Crippen molar-refractivity contribution in [1.82, 2.24) is 9.78 Å². The molecule has 94 valence electrons. The number of carboxylic acid groups (broad SMARTS) is 1. The Morgan fingerprint density at radius 3 is 2.78 bits per heavy atom. The van der Waals surface area contributed by atoms with Crippen LogP contribution in [0.3, 0.4) is 0 Å². The fourth-order valence-corrected chi connectivity index (χ4v) is 1.48. The Balaban J connectivity index is 2.01. The third-order valence-electron chi connectivity index (χ3n) is 2.44. The van der Waals surface area contributed by atoms with E-state index in [1.54, 1.807) is 17.1 Å². The first-order valence-electron chi connectivity index (χ1n) is 5.61. The van der Waals surface area contributed by atoms with Gasteiger partial charge in [-0.15, -0.1) is 0 Å². The summed E-state index contributed by atoms with van der Waals surface area (Å²) in [4.78, 5) is 10.3. The Hall–Kier alpha value is -2.30. The van der Waals surface area contributed by atoms with E-state index in [4.69, 9.17) is 9.84 Å². The van der Waals surface area contributed by atoms with Crippen molar-refractivity contribution < 1.29 is 14.6 Å². The fourth-order valence-electron chi connectivity index (χ4n) is 1.48. The topological polar surface area (TPSA) is 64.3 Å². The van der Waals surface area contributed by atoms with Gasteiger partial charge in [-0.1, -0.05) is 17.7 Å². The molecule has 0 aliphatic heterocycles. The van der Waals surface area contributed by atoms with Crippen LogP contribution >= 0.6 is 0 Å². The number of aromatic nitrogens is 2. The summed E-state index contributed by atoms with van der Waals surface area (Å²) in [5, 5.41) is 12.7. The summed E-state index contributed by atoms with van der Waals surface area (Å²) in [5.41, 5.74) is 2.12. The molecule has 0 aliphatic carbocycles. The van der Waals surface area contributed by atoms with Crippen molar-refractivity contribution in [2.24, 2.45) is 0 Å². The Kier molecular flexibility index (Phi) is 3.62. The summed E-state index contributed by atoms with van der Waals surface area (Å²) >= 11 is 0. The molecule has 0 atom stereocenters. The number of carbonyl (C=O) groups is 1. The maximum atomic E-state index is 10.3. The van der Waals surface area contributed by atoms with Crippen LogP contribution in [0.15, 0.2) is 36.7 Å². The van der Waals surface area contributed by atoms with Gasteiger partial charge in [-0.25, -0.2) is 4.68 Å². The summed E-state index contributed by atoms with van der Waals surface area (Å²) in [7, 11) is 0. The highest BCUT2D eigenvalue weighted by Crippen LogP contribution is 2.14. The van der Waals surface area contributed by atoms with Crippen molar-refractivity contribution in [3.05, 3.63) is 42.2 Å². The molecule has 0 aliphatic rings. The molecule has 0 unspecified atom stereocenters. The standard InChI is InChI=1S/C13H14N2O3/c1-10-2-4-11(5-3-10)15-9-12(8-14-15)18-7-6-13(16)17/h2-5,8-9H,6-7H2,1H3,(H,16,17). The minimum Gasteiger partial charge on any atom is -0.490 e. The Labute approximate surface area is 105 Å². The highest BCUT2D eigenvalue weighted by Gasteiger charge is 2.03. The number of nitrogens with zero attached hydrogens (tertiary/aromatic N) is 2. The van der Waals surface area contributed by atoms with E-state index in [9.17, 15) is 4.79 Å². The molecule has 0 spiro atoms. The van der Waals surface area contributed by atoms with Crippen LogP contribution in [0.2, 0.25) is 0 Å². The minimum absolute atomic E-state index is 0.0181. The molecule has 0 radical (unpaired) electrons. The van der Waals surface area contributed by atoms with Gasteiger partial charge < -0.3 is 9.84 Å². The fraction of sp³-hybridized carbons (Fsp3) is 0.231. The van der Waals surface area contributed by atoms with Crippen LogP contribution in [-0.4, -0.2) is 27.5 Å². The van der Waals surface area contributed by atoms with Gasteiger partial charge in [0.05, 0.1) is 31.1 Å². The predicted molar refractivity (Wildman–Crippen MR) is 66.0 cm³/mol. The normalized spacial score (nSPS) is 10.3. The average Bonchev–Trinajstić information content (AvgIpc) is 2.78. The van der Waals surface area contributed by atoms with E-state index in [1.807, 2.05) is 31.2 Å². The van der Waals surface area contributed by atoms with E-state index in [1.165, 1.54) is 5.56 Å². The summed E-state index contributed by atoms with van der Waals surface area (Å²) in [6.07, 6.45) is 3.28. The van der Waals surface area contributed by atoms with Crippen LogP contribution in [0.1, 0.15) is 12.0 Å². The van der Waals surface area contributed by atoms with Gasteiger partial charge in [-0.05, 0) is 19.1 Å². The van der Waals surface area contributed by atoms with Gasteiger partial charge in [0.15, 0.2) is 5.75 Å². The molecular weight excluding hydrogens is 232 g/mol. The van der Waals surface area contributed by atoms with Crippen LogP contribution < -0.4 is 4.74 Å². The van der Waals surface area contributed by atoms with Crippen molar-refractivity contribution in [2.45, 2.75) is 13.3 Å². The number of benzene rings is 1. The second-order valence-electron chi connectivity index (χ2n) is 3.95. The van der Waals surface area contributed by atoms with E-state index < -0.39 is 5.97 Å². The highest BCUT2D eigenvalue weighted by molar-refractivity contribution is 5.66. The SMILES string of the molecule is Cc1ccc(-n2cc(OCCC(=O)O)cn2)cc1. The molecule has 1 heterocycles. The molecule has 1 aromatic carbocycles. The zero-order valence-corrected chi connectivity index (χ0v) is 10.0. The van der Waals surface area contributed by atoms with Gasteiger partial charge in [-0.2, -0.15) is 5.10 Å². The van der Waals surface area contributed by atoms with Gasteiger partial charge >= 0.3 is 5.97 Å². The lowest BCUT2D eigenvalue weighted by molar-refractivity contribution is -0.137. The molecule has 0 fully saturated rings. The smallest absolute Gasteiger partial charge is 0.306 e. The first-order valence-corrected chi connectivity index (χ1v) is 5.61. The van der Waals surface area contributed by atoms with Crippen molar-refractivity contribution in [2.75, 3.05) is 6.61 Å². The maximum Gasteiger partial charge on any atom is 0.306 e. The Bertz CT molecular complexity index is 531. The van der Waals surface area contributed by atoms with Gasteiger partial charge in [0.25, 0.3) is 0 Å². The number of rotatable bonds is 5. The third kappa shape index (κ3) is 3.10. The second-order valence-corrected chi connectivity index (χ2v) is 3.95. The van der Waals surface area contributed by atoms with Crippen molar-refractivity contribution >= 4 is 5.97 Å².